The Morgan fingerprint density at radius 2 is 2.43 bits per heavy atom. The summed E-state index contributed by atoms with van der Waals surface area (Å²) in [4.78, 5) is 0. The van der Waals surface area contributed by atoms with Crippen LogP contribution in [0, 0.1) is 6.08 Å². The van der Waals surface area contributed by atoms with Gasteiger partial charge in [0.05, 0.1) is 0 Å². The molecule has 0 aliphatic heterocycles. The summed E-state index contributed by atoms with van der Waals surface area (Å²) in [5, 5.41) is 0. The van der Waals surface area contributed by atoms with Crippen LogP contribution in [-0.2, 0) is 25.8 Å². The molecule has 1 heteroatoms. The largest absolute Gasteiger partial charge is 0.270 e. The average molecular weight is 124 g/mol. The van der Waals surface area contributed by atoms with Gasteiger partial charge in [-0.25, -0.2) is 11.6 Å². The zero-order valence-electron chi connectivity index (χ0n) is 4.44. The predicted molar refractivity (Wildman–Crippen MR) is 26.2 cm³/mol. The maximum atomic E-state index is 3.12. The smallest absolute Gasteiger partial charge is 0 e. The molecule has 0 N–H and O–H groups in total. The summed E-state index contributed by atoms with van der Waals surface area (Å²) in [7, 11) is 0. The monoisotopic (exact) mass is 124 g/mol. The third-order valence-electron chi connectivity index (χ3n) is 0.867. The Kier molecular flexibility index (Phi) is 3.53. The maximum Gasteiger partial charge on any atom is 0 e. The first kappa shape index (κ1) is 7.35. The predicted octanol–water partition coefficient (Wildman–Crippen LogP) is 1.69. The van der Waals surface area contributed by atoms with Crippen molar-refractivity contribution in [2.24, 2.45) is 0 Å². The molecule has 0 amide bonds. The summed E-state index contributed by atoms with van der Waals surface area (Å²) in [5.74, 6) is 0. The fraction of sp³-hybridized carbons (Fsp3) is 0.333. The molecule has 1 radical (unpaired) electrons. The fourth-order valence-electron chi connectivity index (χ4n) is 0.515. The van der Waals surface area contributed by atoms with Crippen molar-refractivity contribution < 1.29 is 25.8 Å². The summed E-state index contributed by atoms with van der Waals surface area (Å²) >= 11 is 0. The summed E-state index contributed by atoms with van der Waals surface area (Å²) < 4.78 is 0. The molecule has 1 aliphatic rings. The van der Waals surface area contributed by atoms with Gasteiger partial charge in [0.15, 0.2) is 0 Å². The van der Waals surface area contributed by atoms with Crippen molar-refractivity contribution in [1.29, 1.82) is 0 Å². The summed E-state index contributed by atoms with van der Waals surface area (Å²) in [5.41, 5.74) is 1.27. The Labute approximate surface area is 63.1 Å². The van der Waals surface area contributed by atoms with Crippen molar-refractivity contribution in [2.45, 2.75) is 13.3 Å². The molecule has 0 atom stereocenters. The van der Waals surface area contributed by atoms with E-state index in [9.17, 15) is 0 Å². The molecule has 35 valence electrons. The van der Waals surface area contributed by atoms with Gasteiger partial charge in [-0.15, -0.1) is 6.42 Å². The normalized spacial score (nSPS) is 15.9. The van der Waals surface area contributed by atoms with Gasteiger partial charge in [0.1, 0.15) is 0 Å². The quantitative estimate of drug-likeness (QED) is 0.431. The summed E-state index contributed by atoms with van der Waals surface area (Å²) in [6.07, 6.45) is 8.33. The zero-order valence-corrected chi connectivity index (χ0v) is 6.24. The van der Waals surface area contributed by atoms with Gasteiger partial charge in [0.25, 0.3) is 0 Å². The van der Waals surface area contributed by atoms with Crippen molar-refractivity contribution >= 4 is 0 Å². The molecule has 1 rings (SSSR count). The van der Waals surface area contributed by atoms with E-state index in [0.29, 0.717) is 0 Å². The third-order valence-corrected chi connectivity index (χ3v) is 0.867. The van der Waals surface area contributed by atoms with Gasteiger partial charge in [-0.1, -0.05) is 6.92 Å². The Morgan fingerprint density at radius 3 is 2.57 bits per heavy atom. The van der Waals surface area contributed by atoms with Crippen molar-refractivity contribution in [3.8, 4) is 0 Å². The zero-order chi connectivity index (χ0) is 4.41. The molecule has 0 fully saturated rings. The van der Waals surface area contributed by atoms with Crippen LogP contribution < -0.4 is 0 Å². The molecule has 0 unspecified atom stereocenters. The van der Waals surface area contributed by atoms with E-state index in [-0.39, 0.29) is 25.8 Å². The molecule has 7 heavy (non-hydrogen) atoms. The minimum absolute atomic E-state index is 0. The number of allylic oxidation sites excluding steroid dienone is 4. The van der Waals surface area contributed by atoms with E-state index < -0.39 is 0 Å². The van der Waals surface area contributed by atoms with Gasteiger partial charge in [0, 0.05) is 25.8 Å². The third kappa shape index (κ3) is 2.22. The Hall–Kier alpha value is 0.350. The molecular formula is C6H7Sc-. The molecule has 0 saturated carbocycles. The standard InChI is InChI=1S/C6H7.Sc/c1-6-4-2-3-5-6;/h2,4H,3H2,1H3;/q-1;. The van der Waals surface area contributed by atoms with Crippen molar-refractivity contribution in [3.63, 3.8) is 0 Å². The molecule has 0 nitrogen and oxygen atoms in total. The maximum absolute atomic E-state index is 3.12. The van der Waals surface area contributed by atoms with E-state index in [2.05, 4.69) is 25.2 Å². The number of rotatable bonds is 0. The van der Waals surface area contributed by atoms with Crippen LogP contribution in [0.2, 0.25) is 0 Å². The van der Waals surface area contributed by atoms with Crippen molar-refractivity contribution in [2.75, 3.05) is 0 Å². The first-order valence-electron chi connectivity index (χ1n) is 2.13. The second-order valence-corrected chi connectivity index (χ2v) is 1.47. The van der Waals surface area contributed by atoms with Crippen LogP contribution in [0.25, 0.3) is 0 Å². The Bertz CT molecular complexity index is 98.0. The molecule has 0 aromatic rings. The Balaban J connectivity index is 0.000000360. The molecule has 0 bridgehead atoms. The van der Waals surface area contributed by atoms with Gasteiger partial charge in [-0.05, 0) is 0 Å². The van der Waals surface area contributed by atoms with E-state index in [1.54, 1.807) is 0 Å². The first-order chi connectivity index (χ1) is 2.89. The first-order valence-corrected chi connectivity index (χ1v) is 2.13. The van der Waals surface area contributed by atoms with Crippen LogP contribution in [0.15, 0.2) is 17.7 Å². The van der Waals surface area contributed by atoms with Crippen LogP contribution in [-0.4, -0.2) is 0 Å². The number of hydrogen-bond donors (Lipinski definition) is 0. The summed E-state index contributed by atoms with van der Waals surface area (Å²) in [6.45, 7) is 2.06. The average Bonchev–Trinajstić information content (AvgIpc) is 1.86. The van der Waals surface area contributed by atoms with Crippen molar-refractivity contribution in [1.82, 2.24) is 0 Å². The van der Waals surface area contributed by atoms with E-state index in [1.165, 1.54) is 5.57 Å². The molecule has 0 heterocycles. The molecular weight excluding hydrogens is 117 g/mol. The van der Waals surface area contributed by atoms with Gasteiger partial charge >= 0.3 is 0 Å². The number of hydrogen-bond acceptors (Lipinski definition) is 0. The van der Waals surface area contributed by atoms with Crippen LogP contribution >= 0.6 is 0 Å². The topological polar surface area (TPSA) is 0 Å². The minimum Gasteiger partial charge on any atom is -0.270 e. The van der Waals surface area contributed by atoms with Gasteiger partial charge in [0.2, 0.25) is 0 Å². The minimum atomic E-state index is 0. The molecule has 0 aromatic heterocycles. The second kappa shape index (κ2) is 3.36. The van der Waals surface area contributed by atoms with Crippen LogP contribution in [0.1, 0.15) is 13.3 Å². The van der Waals surface area contributed by atoms with Crippen LogP contribution in [0.5, 0.6) is 0 Å². The molecule has 0 aromatic carbocycles. The second-order valence-electron chi connectivity index (χ2n) is 1.47. The molecule has 1 aliphatic carbocycles. The SMILES string of the molecule is CC1=[C-]CC=C1.[Sc]. The van der Waals surface area contributed by atoms with E-state index in [0.717, 1.165) is 6.42 Å². The summed E-state index contributed by atoms with van der Waals surface area (Å²) in [6, 6.07) is 0. The van der Waals surface area contributed by atoms with Crippen LogP contribution in [0.4, 0.5) is 0 Å². The molecule has 0 spiro atoms. The van der Waals surface area contributed by atoms with Crippen molar-refractivity contribution in [3.05, 3.63) is 23.8 Å². The van der Waals surface area contributed by atoms with Gasteiger partial charge < -0.3 is 0 Å². The van der Waals surface area contributed by atoms with E-state index in [4.69, 9.17) is 0 Å². The van der Waals surface area contributed by atoms with E-state index in [1.807, 2.05) is 0 Å². The molecule has 0 saturated heterocycles. The fourth-order valence-corrected chi connectivity index (χ4v) is 0.515. The van der Waals surface area contributed by atoms with Gasteiger partial charge in [-0.3, -0.25) is 6.08 Å². The van der Waals surface area contributed by atoms with Crippen LogP contribution in [0.3, 0.4) is 0 Å². The van der Waals surface area contributed by atoms with Gasteiger partial charge in [-0.2, -0.15) is 6.08 Å². The Morgan fingerprint density at radius 1 is 1.71 bits per heavy atom. The van der Waals surface area contributed by atoms with E-state index >= 15 is 0 Å².